The molecule has 5 heterocycles. The third kappa shape index (κ3) is 4.77. The average Bonchev–Trinajstić information content (AvgIpc) is 3.69. The summed E-state index contributed by atoms with van der Waals surface area (Å²) in [4.78, 5) is 22.6. The van der Waals surface area contributed by atoms with Crippen molar-refractivity contribution in [1.29, 1.82) is 0 Å². The number of carbonyl (C=O) groups excluding carboxylic acids is 1. The van der Waals surface area contributed by atoms with Gasteiger partial charge in [-0.15, -0.1) is 5.10 Å². The van der Waals surface area contributed by atoms with Crippen molar-refractivity contribution in [3.8, 4) is 5.88 Å². The van der Waals surface area contributed by atoms with Crippen LogP contribution in [0.5, 0.6) is 5.88 Å². The molecule has 0 N–H and O–H groups in total. The van der Waals surface area contributed by atoms with Gasteiger partial charge in [-0.05, 0) is 93.7 Å². The molecule has 3 fully saturated rings. The fourth-order valence-electron chi connectivity index (χ4n) is 8.09. The first kappa shape index (κ1) is 27.1. The van der Waals surface area contributed by atoms with Crippen LogP contribution in [0.15, 0.2) is 60.8 Å². The molecule has 3 aliphatic heterocycles. The molecule has 220 valence electrons. The highest BCUT2D eigenvalue weighted by molar-refractivity contribution is 5.76. The van der Waals surface area contributed by atoms with Crippen LogP contribution < -0.4 is 4.74 Å². The minimum absolute atomic E-state index is 0.145. The fourth-order valence-corrected chi connectivity index (χ4v) is 8.09. The van der Waals surface area contributed by atoms with Crippen molar-refractivity contribution in [3.05, 3.63) is 78.0 Å². The number of piperidine rings is 2. The number of rotatable bonds is 6. The lowest BCUT2D eigenvalue weighted by molar-refractivity contribution is 0.0856. The number of imidazole rings is 1. The molecule has 3 aliphatic rings. The zero-order valence-corrected chi connectivity index (χ0v) is 24.5. The van der Waals surface area contributed by atoms with E-state index in [4.69, 9.17) is 9.72 Å². The summed E-state index contributed by atoms with van der Waals surface area (Å²) in [5.74, 6) is 1.33. The molecule has 4 aromatic rings. The van der Waals surface area contributed by atoms with Gasteiger partial charge in [-0.3, -0.25) is 4.90 Å². The third-order valence-electron chi connectivity index (χ3n) is 10.2. The number of carbonyl (C=O) groups is 1. The van der Waals surface area contributed by atoms with Gasteiger partial charge >= 0.3 is 6.03 Å². The molecule has 0 radical (unpaired) electrons. The molecule has 2 atom stereocenters. The first-order valence-corrected chi connectivity index (χ1v) is 15.3. The molecule has 0 aliphatic carbocycles. The Kier molecular flexibility index (Phi) is 7.00. The number of halogens is 1. The molecular weight excluding hydrogens is 531 g/mol. The van der Waals surface area contributed by atoms with E-state index in [-0.39, 0.29) is 17.3 Å². The van der Waals surface area contributed by atoms with E-state index in [0.29, 0.717) is 37.1 Å². The molecule has 2 bridgehead atoms. The highest BCUT2D eigenvalue weighted by Crippen LogP contribution is 2.45. The van der Waals surface area contributed by atoms with Crippen LogP contribution in [0.2, 0.25) is 0 Å². The maximum Gasteiger partial charge on any atom is 0.344 e. The van der Waals surface area contributed by atoms with Gasteiger partial charge in [0.2, 0.25) is 5.88 Å². The van der Waals surface area contributed by atoms with E-state index in [1.807, 2.05) is 11.0 Å². The lowest BCUT2D eigenvalue weighted by atomic mass is 9.70. The number of aryl methyl sites for hydroxylation is 1. The number of nitrogens with zero attached hydrogens (tertiary/aromatic N) is 6. The van der Waals surface area contributed by atoms with Gasteiger partial charge in [0.1, 0.15) is 11.6 Å². The van der Waals surface area contributed by atoms with Crippen LogP contribution in [0.3, 0.4) is 0 Å². The van der Waals surface area contributed by atoms with Crippen molar-refractivity contribution in [3.63, 3.8) is 0 Å². The van der Waals surface area contributed by atoms with Gasteiger partial charge in [-0.1, -0.05) is 24.3 Å². The summed E-state index contributed by atoms with van der Waals surface area (Å²) in [7, 11) is 1.54. The van der Waals surface area contributed by atoms with Gasteiger partial charge in [0.25, 0.3) is 0 Å². The summed E-state index contributed by atoms with van der Waals surface area (Å²) >= 11 is 0. The maximum atomic E-state index is 14.5. The van der Waals surface area contributed by atoms with Crippen molar-refractivity contribution in [1.82, 2.24) is 29.1 Å². The monoisotopic (exact) mass is 570 g/mol. The molecule has 3 saturated heterocycles. The van der Waals surface area contributed by atoms with Crippen molar-refractivity contribution in [2.75, 3.05) is 26.7 Å². The topological polar surface area (TPSA) is 68.4 Å². The Morgan fingerprint density at radius 2 is 1.79 bits per heavy atom. The second-order valence-corrected chi connectivity index (χ2v) is 12.4. The van der Waals surface area contributed by atoms with E-state index in [2.05, 4.69) is 51.8 Å². The first-order chi connectivity index (χ1) is 20.4. The van der Waals surface area contributed by atoms with Gasteiger partial charge in [0.15, 0.2) is 0 Å². The number of hydrogen-bond acceptors (Lipinski definition) is 5. The summed E-state index contributed by atoms with van der Waals surface area (Å²) in [6, 6.07) is 18.7. The van der Waals surface area contributed by atoms with Gasteiger partial charge in [-0.2, -0.15) is 4.68 Å². The smallest absolute Gasteiger partial charge is 0.344 e. The summed E-state index contributed by atoms with van der Waals surface area (Å²) in [5, 5.41) is 4.22. The number of ether oxygens (including phenoxy) is 1. The zero-order valence-electron chi connectivity index (χ0n) is 24.5. The molecule has 0 saturated carbocycles. The van der Waals surface area contributed by atoms with Crippen molar-refractivity contribution >= 4 is 17.1 Å². The second-order valence-electron chi connectivity index (χ2n) is 12.4. The van der Waals surface area contributed by atoms with Crippen molar-refractivity contribution in [2.24, 2.45) is 0 Å². The minimum Gasteiger partial charge on any atom is -0.480 e. The molecule has 7 rings (SSSR count). The zero-order chi connectivity index (χ0) is 28.8. The summed E-state index contributed by atoms with van der Waals surface area (Å²) < 4.78 is 23.5. The fraction of sp³-hybridized carbons (Fsp3) is 0.485. The largest absolute Gasteiger partial charge is 0.480 e. The highest BCUT2D eigenvalue weighted by Gasteiger charge is 2.44. The molecule has 42 heavy (non-hydrogen) atoms. The summed E-state index contributed by atoms with van der Waals surface area (Å²) in [5.41, 5.74) is 3.21. The summed E-state index contributed by atoms with van der Waals surface area (Å²) in [6.07, 6.45) is 8.94. The number of hydrogen-bond donors (Lipinski definition) is 0. The molecule has 2 aromatic carbocycles. The molecule has 8 nitrogen and oxygen atoms in total. The number of fused-ring (bicyclic) bond motifs is 3. The van der Waals surface area contributed by atoms with Crippen LogP contribution in [0.25, 0.3) is 11.0 Å². The average molecular weight is 571 g/mol. The molecule has 0 spiro atoms. The van der Waals surface area contributed by atoms with E-state index in [1.165, 1.54) is 29.1 Å². The minimum atomic E-state index is -0.196. The Labute approximate surface area is 246 Å². The van der Waals surface area contributed by atoms with Crippen LogP contribution in [0, 0.1) is 12.7 Å². The normalized spacial score (nSPS) is 23.9. The Morgan fingerprint density at radius 1 is 1.02 bits per heavy atom. The third-order valence-corrected chi connectivity index (χ3v) is 10.2. The second kappa shape index (κ2) is 10.8. The van der Waals surface area contributed by atoms with Crippen LogP contribution in [0.1, 0.15) is 62.4 Å². The number of likely N-dealkylation sites (tertiary alicyclic amines) is 1. The van der Waals surface area contributed by atoms with E-state index >= 15 is 0 Å². The van der Waals surface area contributed by atoms with Crippen LogP contribution in [-0.4, -0.2) is 74.0 Å². The lowest BCUT2D eigenvalue weighted by Crippen LogP contribution is -2.49. The Hall–Kier alpha value is -3.72. The number of amides is 1. The standard InChI is InChI=1S/C33H39FN6O2/c1-23-35-29-8-3-4-9-30(29)40(23)28-21-26-10-11-27(22-28)38(26)19-15-33(24-6-5-7-25(34)20-24)13-17-37(18-14-33)32(41)39-16-12-31(36-39)42-2/h3-9,12,16,20,26-28H,10-11,13-15,17-19,21-22H2,1-2H3. The Balaban J connectivity index is 1.07. The van der Waals surface area contributed by atoms with Crippen molar-refractivity contribution in [2.45, 2.75) is 75.4 Å². The van der Waals surface area contributed by atoms with E-state index < -0.39 is 0 Å². The number of para-hydroxylation sites is 2. The molecule has 2 aromatic heterocycles. The van der Waals surface area contributed by atoms with Crippen LogP contribution in [-0.2, 0) is 5.41 Å². The van der Waals surface area contributed by atoms with Gasteiger partial charge in [0.05, 0.1) is 18.1 Å². The van der Waals surface area contributed by atoms with Gasteiger partial charge in [0, 0.05) is 43.5 Å². The Morgan fingerprint density at radius 3 is 2.50 bits per heavy atom. The van der Waals surface area contributed by atoms with E-state index in [1.54, 1.807) is 25.4 Å². The first-order valence-electron chi connectivity index (χ1n) is 15.3. The quantitative estimate of drug-likeness (QED) is 0.287. The lowest BCUT2D eigenvalue weighted by Gasteiger charge is -2.45. The summed E-state index contributed by atoms with van der Waals surface area (Å²) in [6.45, 7) is 4.35. The van der Waals surface area contributed by atoms with E-state index in [9.17, 15) is 9.18 Å². The number of aromatic nitrogens is 4. The predicted molar refractivity (Wildman–Crippen MR) is 159 cm³/mol. The van der Waals surface area contributed by atoms with E-state index in [0.717, 1.165) is 55.6 Å². The highest BCUT2D eigenvalue weighted by atomic mass is 19.1. The molecule has 2 unspecified atom stereocenters. The predicted octanol–water partition coefficient (Wildman–Crippen LogP) is 5.95. The SMILES string of the molecule is COc1ccn(C(=O)N2CCC(CCN3C4CCC3CC(n3c(C)nc5ccccc53)C4)(c3cccc(F)c3)CC2)n1. The number of methoxy groups -OCH3 is 1. The molecule has 9 heteroatoms. The van der Waals surface area contributed by atoms with Crippen molar-refractivity contribution < 1.29 is 13.9 Å². The molecular formula is C33H39FN6O2. The Bertz CT molecular complexity index is 1570. The molecule has 1 amide bonds. The van der Waals surface area contributed by atoms with Gasteiger partial charge < -0.3 is 14.2 Å². The van der Waals surface area contributed by atoms with Crippen LogP contribution >= 0.6 is 0 Å². The number of benzene rings is 2. The van der Waals surface area contributed by atoms with Gasteiger partial charge in [-0.25, -0.2) is 14.2 Å². The maximum absolute atomic E-state index is 14.5. The van der Waals surface area contributed by atoms with Crippen LogP contribution in [0.4, 0.5) is 9.18 Å².